The fourth-order valence-electron chi connectivity index (χ4n) is 1.48. The Hall–Kier alpha value is 0.0969. The first-order valence-corrected chi connectivity index (χ1v) is 9.44. The van der Waals surface area contributed by atoms with Gasteiger partial charge < -0.3 is 14.6 Å². The maximum Gasteiger partial charge on any atom is 0.191 e. The van der Waals surface area contributed by atoms with Crippen molar-refractivity contribution in [2.75, 3.05) is 13.2 Å². The molecule has 0 fully saturated rings. The molecule has 17 heavy (non-hydrogen) atoms. The molecule has 4 heteroatoms. The summed E-state index contributed by atoms with van der Waals surface area (Å²) in [4.78, 5) is 0. The standard InChI is InChI=1S/C13H30O3Si/c1-11(15)9-12(7-8-14)10-16-17(5,6)13(2,3)4/h11-12,14-15H,7-10H2,1-6H3/t11-,12?/m1/s1. The van der Waals surface area contributed by atoms with Gasteiger partial charge in [0.2, 0.25) is 0 Å². The van der Waals surface area contributed by atoms with Crippen molar-refractivity contribution in [1.82, 2.24) is 0 Å². The first-order valence-electron chi connectivity index (χ1n) is 6.53. The zero-order valence-corrected chi connectivity index (χ0v) is 13.3. The monoisotopic (exact) mass is 262 g/mol. The molecule has 0 amide bonds. The highest BCUT2D eigenvalue weighted by molar-refractivity contribution is 6.74. The van der Waals surface area contributed by atoms with Gasteiger partial charge in [-0.3, -0.25) is 0 Å². The smallest absolute Gasteiger partial charge is 0.191 e. The highest BCUT2D eigenvalue weighted by Gasteiger charge is 2.37. The van der Waals surface area contributed by atoms with Crippen LogP contribution < -0.4 is 0 Å². The summed E-state index contributed by atoms with van der Waals surface area (Å²) in [5.41, 5.74) is 0. The Bertz CT molecular complexity index is 209. The quantitative estimate of drug-likeness (QED) is 0.694. The third kappa shape index (κ3) is 6.55. The molecule has 0 aliphatic carbocycles. The Morgan fingerprint density at radius 2 is 1.76 bits per heavy atom. The molecule has 3 nitrogen and oxygen atoms in total. The van der Waals surface area contributed by atoms with E-state index in [2.05, 4.69) is 33.9 Å². The topological polar surface area (TPSA) is 49.7 Å². The largest absolute Gasteiger partial charge is 0.417 e. The van der Waals surface area contributed by atoms with E-state index >= 15 is 0 Å². The third-order valence-electron chi connectivity index (χ3n) is 3.70. The maximum atomic E-state index is 9.41. The number of aliphatic hydroxyl groups excluding tert-OH is 2. The molecule has 0 heterocycles. The van der Waals surface area contributed by atoms with E-state index in [1.54, 1.807) is 6.92 Å². The van der Waals surface area contributed by atoms with Crippen LogP contribution in [0.15, 0.2) is 0 Å². The number of aliphatic hydroxyl groups is 2. The minimum Gasteiger partial charge on any atom is -0.417 e. The Balaban J connectivity index is 4.29. The van der Waals surface area contributed by atoms with Crippen LogP contribution in [0.2, 0.25) is 18.1 Å². The molecule has 2 N–H and O–H groups in total. The molecule has 0 rings (SSSR count). The van der Waals surface area contributed by atoms with E-state index in [-0.39, 0.29) is 23.7 Å². The molecular weight excluding hydrogens is 232 g/mol. The number of rotatable bonds is 7. The average molecular weight is 262 g/mol. The number of hydrogen-bond donors (Lipinski definition) is 2. The van der Waals surface area contributed by atoms with Crippen LogP contribution in [0, 0.1) is 5.92 Å². The zero-order chi connectivity index (χ0) is 13.7. The lowest BCUT2D eigenvalue weighted by Crippen LogP contribution is -2.42. The van der Waals surface area contributed by atoms with Crippen LogP contribution in [0.3, 0.4) is 0 Å². The normalized spacial score (nSPS) is 16.9. The van der Waals surface area contributed by atoms with Gasteiger partial charge in [0.1, 0.15) is 0 Å². The molecule has 1 unspecified atom stereocenters. The van der Waals surface area contributed by atoms with Gasteiger partial charge in [0.25, 0.3) is 0 Å². The molecule has 0 saturated heterocycles. The lowest BCUT2D eigenvalue weighted by Gasteiger charge is -2.37. The van der Waals surface area contributed by atoms with E-state index in [1.165, 1.54) is 0 Å². The van der Waals surface area contributed by atoms with Gasteiger partial charge in [-0.2, -0.15) is 0 Å². The van der Waals surface area contributed by atoms with Crippen molar-refractivity contribution in [2.24, 2.45) is 5.92 Å². The van der Waals surface area contributed by atoms with Crippen LogP contribution >= 0.6 is 0 Å². The van der Waals surface area contributed by atoms with Crippen LogP contribution in [0.5, 0.6) is 0 Å². The SMILES string of the molecule is C[C@@H](O)CC(CCO)CO[Si](C)(C)C(C)(C)C. The molecular formula is C13H30O3Si. The summed E-state index contributed by atoms with van der Waals surface area (Å²) in [5, 5.41) is 18.6. The molecule has 104 valence electrons. The highest BCUT2D eigenvalue weighted by Crippen LogP contribution is 2.37. The van der Waals surface area contributed by atoms with Gasteiger partial charge in [-0.1, -0.05) is 20.8 Å². The van der Waals surface area contributed by atoms with Crippen molar-refractivity contribution in [1.29, 1.82) is 0 Å². The van der Waals surface area contributed by atoms with Crippen molar-refractivity contribution >= 4 is 8.32 Å². The van der Waals surface area contributed by atoms with E-state index in [4.69, 9.17) is 9.53 Å². The molecule has 0 aromatic heterocycles. The van der Waals surface area contributed by atoms with E-state index in [9.17, 15) is 5.11 Å². The minimum atomic E-state index is -1.71. The molecule has 0 saturated carbocycles. The molecule has 0 aliphatic heterocycles. The molecule has 0 aromatic rings. The van der Waals surface area contributed by atoms with Gasteiger partial charge in [0.15, 0.2) is 8.32 Å². The summed E-state index contributed by atoms with van der Waals surface area (Å²) in [6.45, 7) is 13.7. The second kappa shape index (κ2) is 6.88. The van der Waals surface area contributed by atoms with Gasteiger partial charge in [-0.25, -0.2) is 0 Å². The van der Waals surface area contributed by atoms with Crippen molar-refractivity contribution < 1.29 is 14.6 Å². The average Bonchev–Trinajstić information content (AvgIpc) is 2.12. The predicted molar refractivity (Wildman–Crippen MR) is 74.6 cm³/mol. The molecule has 0 spiro atoms. The highest BCUT2D eigenvalue weighted by atomic mass is 28.4. The van der Waals surface area contributed by atoms with E-state index < -0.39 is 8.32 Å². The predicted octanol–water partition coefficient (Wildman–Crippen LogP) is 2.78. The van der Waals surface area contributed by atoms with Crippen molar-refractivity contribution in [3.05, 3.63) is 0 Å². The minimum absolute atomic E-state index is 0.165. The van der Waals surface area contributed by atoms with Crippen LogP contribution in [0.25, 0.3) is 0 Å². The maximum absolute atomic E-state index is 9.41. The number of hydrogen-bond acceptors (Lipinski definition) is 3. The Morgan fingerprint density at radius 3 is 2.12 bits per heavy atom. The summed E-state index contributed by atoms with van der Waals surface area (Å²) < 4.78 is 6.13. The first-order chi connectivity index (χ1) is 7.60. The van der Waals surface area contributed by atoms with Crippen LogP contribution in [-0.4, -0.2) is 37.8 Å². The molecule has 2 atom stereocenters. The zero-order valence-electron chi connectivity index (χ0n) is 12.3. The van der Waals surface area contributed by atoms with E-state index in [1.807, 2.05) is 0 Å². The molecule has 0 aromatic carbocycles. The second-order valence-electron chi connectivity index (χ2n) is 6.53. The second-order valence-corrected chi connectivity index (χ2v) is 11.3. The summed E-state index contributed by atoms with van der Waals surface area (Å²) in [5.74, 6) is 0.258. The van der Waals surface area contributed by atoms with E-state index in [0.717, 1.165) is 0 Å². The van der Waals surface area contributed by atoms with Crippen molar-refractivity contribution in [2.45, 2.75) is 64.8 Å². The fraction of sp³-hybridized carbons (Fsp3) is 1.00. The third-order valence-corrected chi connectivity index (χ3v) is 8.20. The van der Waals surface area contributed by atoms with Crippen molar-refractivity contribution in [3.8, 4) is 0 Å². The summed E-state index contributed by atoms with van der Waals surface area (Å²) >= 11 is 0. The van der Waals surface area contributed by atoms with Crippen LogP contribution in [-0.2, 0) is 4.43 Å². The molecule has 0 radical (unpaired) electrons. The van der Waals surface area contributed by atoms with E-state index in [0.29, 0.717) is 19.4 Å². The van der Waals surface area contributed by atoms with Crippen molar-refractivity contribution in [3.63, 3.8) is 0 Å². The summed E-state index contributed by atoms with van der Waals surface area (Å²) in [7, 11) is -1.71. The van der Waals surface area contributed by atoms with Crippen LogP contribution in [0.1, 0.15) is 40.5 Å². The van der Waals surface area contributed by atoms with Gasteiger partial charge in [0, 0.05) is 13.2 Å². The van der Waals surface area contributed by atoms with Gasteiger partial charge >= 0.3 is 0 Å². The first kappa shape index (κ1) is 17.1. The summed E-state index contributed by atoms with van der Waals surface area (Å²) in [6, 6.07) is 0. The fourth-order valence-corrected chi connectivity index (χ4v) is 2.56. The Morgan fingerprint density at radius 1 is 1.24 bits per heavy atom. The molecule has 0 aliphatic rings. The summed E-state index contributed by atoms with van der Waals surface area (Å²) in [6.07, 6.45) is 1.09. The van der Waals surface area contributed by atoms with Gasteiger partial charge in [0.05, 0.1) is 6.10 Å². The molecule has 0 bridgehead atoms. The lowest BCUT2D eigenvalue weighted by atomic mass is 10.0. The lowest BCUT2D eigenvalue weighted by molar-refractivity contribution is 0.115. The Labute approximate surface area is 107 Å². The van der Waals surface area contributed by atoms with Gasteiger partial charge in [-0.15, -0.1) is 0 Å². The van der Waals surface area contributed by atoms with Gasteiger partial charge in [-0.05, 0) is 43.8 Å². The van der Waals surface area contributed by atoms with Crippen LogP contribution in [0.4, 0.5) is 0 Å². The Kier molecular flexibility index (Phi) is 6.92.